The number of nitrogens with two attached hydrogens (primary N) is 1. The SMILES string of the molecule is CC(N)Cc1ccc(SC(C)C(C)C)cc1Br. The Balaban J connectivity index is 2.75. The van der Waals surface area contributed by atoms with Gasteiger partial charge >= 0.3 is 0 Å². The Morgan fingerprint density at radius 3 is 2.35 bits per heavy atom. The molecular formula is C14H22BrNS. The molecule has 0 spiro atoms. The van der Waals surface area contributed by atoms with Gasteiger partial charge in [-0.15, -0.1) is 11.8 Å². The summed E-state index contributed by atoms with van der Waals surface area (Å²) in [4.78, 5) is 1.33. The molecule has 0 radical (unpaired) electrons. The molecule has 2 unspecified atom stereocenters. The lowest BCUT2D eigenvalue weighted by atomic mass is 10.1. The van der Waals surface area contributed by atoms with E-state index in [1.807, 2.05) is 18.7 Å². The highest BCUT2D eigenvalue weighted by molar-refractivity contribution is 9.10. The van der Waals surface area contributed by atoms with Crippen LogP contribution in [0.15, 0.2) is 27.6 Å². The second kappa shape index (κ2) is 6.81. The molecule has 0 aromatic heterocycles. The molecule has 17 heavy (non-hydrogen) atoms. The summed E-state index contributed by atoms with van der Waals surface area (Å²) in [5.41, 5.74) is 7.12. The van der Waals surface area contributed by atoms with Crippen molar-refractivity contribution in [2.24, 2.45) is 11.7 Å². The van der Waals surface area contributed by atoms with Crippen molar-refractivity contribution >= 4 is 27.7 Å². The van der Waals surface area contributed by atoms with Gasteiger partial charge < -0.3 is 5.73 Å². The molecule has 2 N–H and O–H groups in total. The van der Waals surface area contributed by atoms with Crippen LogP contribution in [0.4, 0.5) is 0 Å². The predicted octanol–water partition coefficient (Wildman–Crippen LogP) is 4.48. The first kappa shape index (κ1) is 15.1. The Kier molecular flexibility index (Phi) is 6.04. The molecule has 1 aromatic rings. The smallest absolute Gasteiger partial charge is 0.0219 e. The normalized spacial score (nSPS) is 15.0. The summed E-state index contributed by atoms with van der Waals surface area (Å²) in [6, 6.07) is 6.80. The lowest BCUT2D eigenvalue weighted by Gasteiger charge is -2.16. The Labute approximate surface area is 118 Å². The fourth-order valence-electron chi connectivity index (χ4n) is 1.46. The van der Waals surface area contributed by atoms with Gasteiger partial charge in [-0.2, -0.15) is 0 Å². The molecule has 3 heteroatoms. The van der Waals surface area contributed by atoms with Crippen molar-refractivity contribution in [3.8, 4) is 0 Å². The molecule has 0 fully saturated rings. The van der Waals surface area contributed by atoms with Crippen LogP contribution in [0.25, 0.3) is 0 Å². The van der Waals surface area contributed by atoms with E-state index < -0.39 is 0 Å². The summed E-state index contributed by atoms with van der Waals surface area (Å²) in [6.07, 6.45) is 0.922. The standard InChI is InChI=1S/C14H22BrNS/c1-9(2)11(4)17-13-6-5-12(7-10(3)16)14(15)8-13/h5-6,8-11H,7,16H2,1-4H3. The largest absolute Gasteiger partial charge is 0.328 e. The topological polar surface area (TPSA) is 26.0 Å². The van der Waals surface area contributed by atoms with Crippen LogP contribution in [0.1, 0.15) is 33.3 Å². The van der Waals surface area contributed by atoms with E-state index in [1.165, 1.54) is 14.9 Å². The molecule has 0 aliphatic rings. The van der Waals surface area contributed by atoms with Crippen molar-refractivity contribution in [2.45, 2.75) is 50.3 Å². The monoisotopic (exact) mass is 315 g/mol. The maximum atomic E-state index is 5.83. The Hall–Kier alpha value is 0.01000. The first-order valence-corrected chi connectivity index (χ1v) is 7.78. The number of hydrogen-bond donors (Lipinski definition) is 1. The summed E-state index contributed by atoms with van der Waals surface area (Å²) >= 11 is 5.57. The van der Waals surface area contributed by atoms with Crippen LogP contribution < -0.4 is 5.73 Å². The van der Waals surface area contributed by atoms with E-state index in [9.17, 15) is 0 Å². The van der Waals surface area contributed by atoms with Crippen LogP contribution >= 0.6 is 27.7 Å². The van der Waals surface area contributed by atoms with Gasteiger partial charge in [0.1, 0.15) is 0 Å². The Bertz CT molecular complexity index is 363. The Morgan fingerprint density at radius 1 is 1.24 bits per heavy atom. The van der Waals surface area contributed by atoms with Crippen molar-refractivity contribution in [1.29, 1.82) is 0 Å². The fourth-order valence-corrected chi connectivity index (χ4v) is 3.19. The first-order chi connectivity index (χ1) is 7.90. The van der Waals surface area contributed by atoms with E-state index in [2.05, 4.69) is 54.9 Å². The summed E-state index contributed by atoms with van der Waals surface area (Å²) in [6.45, 7) is 8.84. The van der Waals surface area contributed by atoms with E-state index in [4.69, 9.17) is 5.73 Å². The molecule has 0 aliphatic heterocycles. The van der Waals surface area contributed by atoms with Gasteiger partial charge in [0.05, 0.1) is 0 Å². The molecule has 0 amide bonds. The molecule has 1 rings (SSSR count). The van der Waals surface area contributed by atoms with Crippen molar-refractivity contribution in [3.63, 3.8) is 0 Å². The number of hydrogen-bond acceptors (Lipinski definition) is 2. The molecular weight excluding hydrogens is 294 g/mol. The van der Waals surface area contributed by atoms with Gasteiger partial charge in [0.2, 0.25) is 0 Å². The van der Waals surface area contributed by atoms with E-state index in [-0.39, 0.29) is 6.04 Å². The first-order valence-electron chi connectivity index (χ1n) is 6.10. The quantitative estimate of drug-likeness (QED) is 0.811. The van der Waals surface area contributed by atoms with Gasteiger partial charge in [0, 0.05) is 20.7 Å². The second-order valence-electron chi connectivity index (χ2n) is 5.00. The van der Waals surface area contributed by atoms with Crippen LogP contribution in [0.2, 0.25) is 0 Å². The highest BCUT2D eigenvalue weighted by Gasteiger charge is 2.10. The number of rotatable bonds is 5. The van der Waals surface area contributed by atoms with E-state index in [0.29, 0.717) is 11.2 Å². The summed E-state index contributed by atoms with van der Waals surface area (Å²) in [5.74, 6) is 0.697. The number of halogens is 1. The van der Waals surface area contributed by atoms with Gasteiger partial charge in [-0.3, -0.25) is 0 Å². The molecule has 0 heterocycles. The maximum Gasteiger partial charge on any atom is 0.0219 e. The van der Waals surface area contributed by atoms with Crippen LogP contribution in [0, 0.1) is 5.92 Å². The minimum atomic E-state index is 0.208. The minimum Gasteiger partial charge on any atom is -0.328 e. The van der Waals surface area contributed by atoms with Gasteiger partial charge in [0.25, 0.3) is 0 Å². The van der Waals surface area contributed by atoms with Gasteiger partial charge in [-0.25, -0.2) is 0 Å². The molecule has 0 bridgehead atoms. The number of thioether (sulfide) groups is 1. The zero-order chi connectivity index (χ0) is 13.0. The molecule has 0 aliphatic carbocycles. The molecule has 0 saturated carbocycles. The second-order valence-corrected chi connectivity index (χ2v) is 7.31. The average molecular weight is 316 g/mol. The van der Waals surface area contributed by atoms with Crippen LogP contribution in [0.5, 0.6) is 0 Å². The fraction of sp³-hybridized carbons (Fsp3) is 0.571. The Morgan fingerprint density at radius 2 is 1.88 bits per heavy atom. The van der Waals surface area contributed by atoms with Gasteiger partial charge in [-0.05, 0) is 37.0 Å². The third-order valence-electron chi connectivity index (χ3n) is 2.83. The third kappa shape index (κ3) is 5.02. The lowest BCUT2D eigenvalue weighted by Crippen LogP contribution is -2.18. The zero-order valence-electron chi connectivity index (χ0n) is 11.0. The van der Waals surface area contributed by atoms with Crippen LogP contribution in [-0.2, 0) is 6.42 Å². The van der Waals surface area contributed by atoms with Gasteiger partial charge in [0.15, 0.2) is 0 Å². The molecule has 2 atom stereocenters. The van der Waals surface area contributed by atoms with Crippen LogP contribution in [-0.4, -0.2) is 11.3 Å². The van der Waals surface area contributed by atoms with Gasteiger partial charge in [-0.1, -0.05) is 42.8 Å². The van der Waals surface area contributed by atoms with Crippen molar-refractivity contribution < 1.29 is 0 Å². The maximum absolute atomic E-state index is 5.83. The minimum absolute atomic E-state index is 0.208. The van der Waals surface area contributed by atoms with E-state index in [0.717, 1.165) is 6.42 Å². The highest BCUT2D eigenvalue weighted by atomic mass is 79.9. The summed E-state index contributed by atoms with van der Waals surface area (Å²) in [7, 11) is 0. The summed E-state index contributed by atoms with van der Waals surface area (Å²) in [5, 5.41) is 0.640. The zero-order valence-corrected chi connectivity index (χ0v) is 13.4. The lowest BCUT2D eigenvalue weighted by molar-refractivity contribution is 0.642. The predicted molar refractivity (Wildman–Crippen MR) is 81.7 cm³/mol. The third-order valence-corrected chi connectivity index (χ3v) is 5.01. The van der Waals surface area contributed by atoms with Crippen molar-refractivity contribution in [1.82, 2.24) is 0 Å². The average Bonchev–Trinajstić information content (AvgIpc) is 2.21. The van der Waals surface area contributed by atoms with E-state index >= 15 is 0 Å². The van der Waals surface area contributed by atoms with Crippen LogP contribution in [0.3, 0.4) is 0 Å². The highest BCUT2D eigenvalue weighted by Crippen LogP contribution is 2.31. The number of benzene rings is 1. The van der Waals surface area contributed by atoms with Crippen molar-refractivity contribution in [2.75, 3.05) is 0 Å². The van der Waals surface area contributed by atoms with E-state index in [1.54, 1.807) is 0 Å². The van der Waals surface area contributed by atoms with Crippen molar-refractivity contribution in [3.05, 3.63) is 28.2 Å². The molecule has 96 valence electrons. The molecule has 1 aromatic carbocycles. The molecule has 0 saturated heterocycles. The molecule has 1 nitrogen and oxygen atoms in total. The summed E-state index contributed by atoms with van der Waals surface area (Å²) < 4.78 is 1.18.